The van der Waals surface area contributed by atoms with Crippen molar-refractivity contribution in [1.82, 2.24) is 15.5 Å². The summed E-state index contributed by atoms with van der Waals surface area (Å²) < 4.78 is 0. The van der Waals surface area contributed by atoms with E-state index in [1.807, 2.05) is 0 Å². The number of nitrogens with zero attached hydrogens (tertiary/aromatic N) is 1. The van der Waals surface area contributed by atoms with Gasteiger partial charge in [0, 0.05) is 38.0 Å². The minimum atomic E-state index is -1.71. The number of carboxylic acids is 2. The maximum atomic E-state index is 13.1. The summed E-state index contributed by atoms with van der Waals surface area (Å²) in [6, 6.07) is -2.71. The normalized spacial score (nSPS) is 14.9. The summed E-state index contributed by atoms with van der Waals surface area (Å²) in [4.78, 5) is 104. The van der Waals surface area contributed by atoms with E-state index in [1.54, 1.807) is 0 Å². The molecule has 1 saturated heterocycles. The van der Waals surface area contributed by atoms with Crippen molar-refractivity contribution in [2.24, 2.45) is 11.1 Å². The van der Waals surface area contributed by atoms with Gasteiger partial charge in [-0.15, -0.1) is 11.8 Å². The quantitative estimate of drug-likeness (QED) is 0.0152. The van der Waals surface area contributed by atoms with E-state index in [0.717, 1.165) is 30.9 Å². The van der Waals surface area contributed by atoms with Gasteiger partial charge in [0.05, 0.1) is 44.7 Å². The van der Waals surface area contributed by atoms with Crippen LogP contribution in [0.4, 0.5) is 0 Å². The molecule has 7 N–H and O–H groups in total. The molecule has 1 fully saturated rings. The topological polar surface area (TPSA) is 473 Å². The van der Waals surface area contributed by atoms with E-state index in [-0.39, 0.29) is 50.8 Å². The molecule has 3 atom stereocenters. The highest BCUT2D eigenvalue weighted by atomic mass is 32.2. The van der Waals surface area contributed by atoms with E-state index in [9.17, 15) is 38.7 Å². The van der Waals surface area contributed by atoms with Crippen LogP contribution in [0.25, 0.3) is 0 Å². The minimum absolute atomic E-state index is 0.0438. The van der Waals surface area contributed by atoms with Crippen molar-refractivity contribution >= 4 is 53.1 Å². The number of aliphatic hydroxyl groups is 1. The number of rotatable bonds is 48. The number of aliphatic hydroxyl groups excluding tert-OH is 1. The molecule has 40 nitrogen and oxygen atoms in total. The lowest BCUT2D eigenvalue weighted by Crippen LogP contribution is -2.50. The molecule has 0 radical (unpaired) electrons. The summed E-state index contributed by atoms with van der Waals surface area (Å²) in [6.07, 6.45) is -0.760. The second-order valence-corrected chi connectivity index (χ2v) is 13.4. The van der Waals surface area contributed by atoms with Gasteiger partial charge in [0.2, 0.25) is 23.6 Å². The first-order valence-corrected chi connectivity index (χ1v) is 19.2. The number of carboxylic acid groups (broad SMARTS) is 2. The molecule has 1 heterocycles. The second-order valence-electron chi connectivity index (χ2n) is 12.2. The van der Waals surface area contributed by atoms with Crippen LogP contribution in [0.15, 0.2) is 0 Å². The number of ketones is 1. The van der Waals surface area contributed by atoms with Crippen molar-refractivity contribution in [3.8, 4) is 0 Å². The Kier molecular flexibility index (Phi) is 36.2. The van der Waals surface area contributed by atoms with Gasteiger partial charge in [-0.2, -0.15) is 0 Å². The number of unbranched alkanes of at least 4 members (excludes halogenated alkanes) is 2. The number of hydrogen-bond acceptors (Lipinski definition) is 36. The van der Waals surface area contributed by atoms with Crippen LogP contribution in [-0.2, 0) is 164 Å². The number of hydrogen-bond donors (Lipinski definition) is 6. The highest BCUT2D eigenvalue weighted by Crippen LogP contribution is 2.28. The zero-order chi connectivity index (χ0) is 50.3. The van der Waals surface area contributed by atoms with Gasteiger partial charge in [0.1, 0.15) is 24.4 Å². The highest BCUT2D eigenvalue weighted by Gasteiger charge is 2.39. The molecule has 1 rings (SSSR count). The monoisotopic (exact) mass is 1030 g/mol. The Hall–Kier alpha value is -4.08. The van der Waals surface area contributed by atoms with Crippen molar-refractivity contribution in [2.75, 3.05) is 52.9 Å². The third-order valence-corrected chi connectivity index (χ3v) is 8.79. The zero-order valence-corrected chi connectivity index (χ0v) is 35.7. The molecular formula is C27H44N4O36S. The Bertz CT molecular complexity index is 1410. The summed E-state index contributed by atoms with van der Waals surface area (Å²) in [6.45, 7) is -3.16. The predicted octanol–water partition coefficient (Wildman–Crippen LogP) is -3.13. The van der Waals surface area contributed by atoms with Crippen LogP contribution in [0.5, 0.6) is 0 Å². The van der Waals surface area contributed by atoms with Gasteiger partial charge < -0.3 is 31.7 Å². The maximum absolute atomic E-state index is 13.1. The zero-order valence-electron chi connectivity index (χ0n) is 34.9. The SMILES string of the molecule is COOOOOOOOOOOOOCC(CO)(COOOOOOOOOOOOOC)CC(=O)CCCCCN1C(=O)CC(SCC(NC(=O)CCC(N)C(=O)O)C(=O)NCC(=O)O)C1=O. The predicted molar refractivity (Wildman–Crippen MR) is 182 cm³/mol. The number of carbonyl (C=O) groups excluding carboxylic acids is 5. The van der Waals surface area contributed by atoms with Gasteiger partial charge in [-0.3, -0.25) is 38.5 Å². The molecule has 0 saturated carbocycles. The van der Waals surface area contributed by atoms with Gasteiger partial charge in [-0.05, 0) is 130 Å². The van der Waals surface area contributed by atoms with Crippen molar-refractivity contribution in [1.29, 1.82) is 0 Å². The Morgan fingerprint density at radius 2 is 1.21 bits per heavy atom. The van der Waals surface area contributed by atoms with E-state index < -0.39 is 96.9 Å². The first-order chi connectivity index (χ1) is 32.8. The molecule has 1 aliphatic heterocycles. The second kappa shape index (κ2) is 39.7. The number of imide groups is 1. The van der Waals surface area contributed by atoms with Crippen LogP contribution in [0.1, 0.15) is 51.4 Å². The Morgan fingerprint density at radius 1 is 0.721 bits per heavy atom. The van der Waals surface area contributed by atoms with Crippen molar-refractivity contribution in [3.63, 3.8) is 0 Å². The fourth-order valence-corrected chi connectivity index (χ4v) is 5.73. The van der Waals surface area contributed by atoms with E-state index in [4.69, 9.17) is 25.7 Å². The number of nitrogens with one attached hydrogen (secondary N) is 2. The van der Waals surface area contributed by atoms with Crippen LogP contribution in [0.3, 0.4) is 0 Å². The number of aliphatic carboxylic acids is 2. The van der Waals surface area contributed by atoms with Crippen molar-refractivity contribution in [3.05, 3.63) is 0 Å². The summed E-state index contributed by atoms with van der Waals surface area (Å²) >= 11 is 0.862. The lowest BCUT2D eigenvalue weighted by atomic mass is 9.84. The van der Waals surface area contributed by atoms with Crippen LogP contribution >= 0.6 is 11.8 Å². The molecule has 0 aliphatic carbocycles. The summed E-state index contributed by atoms with van der Waals surface area (Å²) in [5.74, 6) is -6.28. The van der Waals surface area contributed by atoms with Crippen LogP contribution in [0.2, 0.25) is 0 Å². The molecule has 41 heteroatoms. The Morgan fingerprint density at radius 3 is 1.66 bits per heavy atom. The fourth-order valence-electron chi connectivity index (χ4n) is 4.54. The molecule has 0 aromatic rings. The molecule has 0 aromatic carbocycles. The summed E-state index contributed by atoms with van der Waals surface area (Å²) in [7, 11) is 2.11. The van der Waals surface area contributed by atoms with Gasteiger partial charge in [-0.25, -0.2) is 19.6 Å². The van der Waals surface area contributed by atoms with Crippen LogP contribution in [0, 0.1) is 5.41 Å². The summed E-state index contributed by atoms with van der Waals surface area (Å²) in [5.41, 5.74) is 3.70. The maximum Gasteiger partial charge on any atom is 0.322 e. The Labute approximate surface area is 380 Å². The van der Waals surface area contributed by atoms with Crippen LogP contribution < -0.4 is 16.4 Å². The highest BCUT2D eigenvalue weighted by molar-refractivity contribution is 8.00. The van der Waals surface area contributed by atoms with Crippen molar-refractivity contribution < 1.29 is 179 Å². The first-order valence-electron chi connectivity index (χ1n) is 18.1. The average molecular weight is 1030 g/mol. The van der Waals surface area contributed by atoms with Gasteiger partial charge in [0.25, 0.3) is 0 Å². The lowest BCUT2D eigenvalue weighted by Gasteiger charge is -2.28. The van der Waals surface area contributed by atoms with Crippen LogP contribution in [-0.4, -0.2) is 132 Å². The number of Topliss-reactive ketones (excluding diaryl/α,β-unsaturated/α-hetero) is 1. The number of amides is 4. The average Bonchev–Trinajstić information content (AvgIpc) is 3.58. The third kappa shape index (κ3) is 30.4. The van der Waals surface area contributed by atoms with E-state index >= 15 is 0 Å². The van der Waals surface area contributed by atoms with E-state index in [1.165, 1.54) is 0 Å². The number of carbonyl (C=O) groups is 7. The molecule has 1 aliphatic rings. The van der Waals surface area contributed by atoms with Gasteiger partial charge >= 0.3 is 11.9 Å². The molecule has 0 aromatic heterocycles. The summed E-state index contributed by atoms with van der Waals surface area (Å²) in [5, 5.41) is 115. The Balaban J connectivity index is 2.62. The van der Waals surface area contributed by atoms with Crippen molar-refractivity contribution in [2.45, 2.75) is 68.7 Å². The molecule has 0 bridgehead atoms. The molecule has 4 amide bonds. The minimum Gasteiger partial charge on any atom is -0.480 e. The standard InChI is InChI=1S/C27H44N4O36S/c1-42-46-50-54-58-62-66-64-60-56-52-48-44-15-27(14-32,16-45-49-53-57-61-65-67-63-59-55-51-47-43-2)11-17(33)6-4-3-5-9-31-22(35)10-20(25(31)39)68-13-19(24(38)29-12-23(36)37)30-21(34)8-7-18(28)26(40)41/h18-20,32H,3-16,28H2,1-2H3,(H,29,38)(H,30,34)(H,36,37)(H,40,41). The number of nitrogens with two attached hydrogens (primary N) is 1. The molecule has 68 heavy (non-hydrogen) atoms. The fraction of sp³-hybridized carbons (Fsp3) is 0.741. The first kappa shape index (κ1) is 61.9. The smallest absolute Gasteiger partial charge is 0.322 e. The molecule has 0 spiro atoms. The van der Waals surface area contributed by atoms with E-state index in [2.05, 4.69) is 131 Å². The molecular weight excluding hydrogens is 988 g/mol. The molecule has 3 unspecified atom stereocenters. The third-order valence-electron chi connectivity index (χ3n) is 7.49. The molecule has 394 valence electrons. The van der Waals surface area contributed by atoms with Gasteiger partial charge in [-0.1, -0.05) is 6.42 Å². The largest absolute Gasteiger partial charge is 0.480 e. The number of thioether (sulfide) groups is 1. The van der Waals surface area contributed by atoms with Gasteiger partial charge in [0.15, 0.2) is 0 Å². The number of likely N-dealkylation sites (tertiary alicyclic amines) is 1. The lowest BCUT2D eigenvalue weighted by molar-refractivity contribution is -0.870. The van der Waals surface area contributed by atoms with E-state index in [0.29, 0.717) is 6.42 Å².